The zero-order valence-corrected chi connectivity index (χ0v) is 24.2. The molecular weight excluding hydrogens is 536 g/mol. The molecule has 0 spiro atoms. The second-order valence-electron chi connectivity index (χ2n) is 10.0. The Balaban J connectivity index is 1.46. The number of unbranched alkanes of at least 4 members (excludes halogenated alkanes) is 1. The number of rotatable bonds is 11. The van der Waals surface area contributed by atoms with Gasteiger partial charge in [0.2, 0.25) is 5.13 Å². The van der Waals surface area contributed by atoms with E-state index in [1.165, 1.54) is 11.3 Å². The number of carbonyl (C=O) groups excluding carboxylic acids is 1. The van der Waals surface area contributed by atoms with Gasteiger partial charge in [-0.2, -0.15) is 0 Å². The molecule has 10 heteroatoms. The predicted molar refractivity (Wildman–Crippen MR) is 155 cm³/mol. The minimum Gasteiger partial charge on any atom is -0.493 e. The molecule has 1 fully saturated rings. The van der Waals surface area contributed by atoms with Gasteiger partial charge in [0.05, 0.1) is 23.7 Å². The summed E-state index contributed by atoms with van der Waals surface area (Å²) in [6.45, 7) is 8.95. The lowest BCUT2D eigenvalue weighted by molar-refractivity contribution is -0.138. The number of halogens is 1. The fourth-order valence-electron chi connectivity index (χ4n) is 4.83. The van der Waals surface area contributed by atoms with Crippen molar-refractivity contribution >= 4 is 39.9 Å². The molecule has 0 bridgehead atoms. The van der Waals surface area contributed by atoms with Gasteiger partial charge in [-0.25, -0.2) is 0 Å². The highest BCUT2D eigenvalue weighted by atomic mass is 35.5. The number of amides is 1. The molecule has 39 heavy (non-hydrogen) atoms. The number of ether oxygens (including phenoxy) is 1. The van der Waals surface area contributed by atoms with Crippen LogP contribution in [-0.2, 0) is 4.79 Å². The highest BCUT2D eigenvalue weighted by Crippen LogP contribution is 2.35. The first-order valence-corrected chi connectivity index (χ1v) is 14.5. The molecular formula is C29H35ClN4O4S. The molecule has 0 atom stereocenters. The van der Waals surface area contributed by atoms with Crippen LogP contribution in [0.3, 0.4) is 0 Å². The fraction of sp³-hybridized carbons (Fsp3) is 0.448. The predicted octanol–water partition coefficient (Wildman–Crippen LogP) is 6.10. The van der Waals surface area contributed by atoms with Crippen molar-refractivity contribution in [2.75, 3.05) is 37.7 Å². The van der Waals surface area contributed by atoms with Gasteiger partial charge in [-0.15, -0.1) is 10.2 Å². The first-order valence-electron chi connectivity index (χ1n) is 13.3. The topological polar surface area (TPSA) is 95.9 Å². The van der Waals surface area contributed by atoms with Crippen molar-refractivity contribution in [1.29, 1.82) is 0 Å². The fourth-order valence-corrected chi connectivity index (χ4v) is 5.90. The number of piperidine rings is 1. The van der Waals surface area contributed by atoms with Gasteiger partial charge in [0, 0.05) is 12.1 Å². The van der Waals surface area contributed by atoms with E-state index in [0.717, 1.165) is 66.2 Å². The van der Waals surface area contributed by atoms with Crippen LogP contribution < -0.4 is 9.64 Å². The number of carbonyl (C=O) groups is 2. The molecule has 8 nitrogen and oxygen atoms in total. The summed E-state index contributed by atoms with van der Waals surface area (Å²) in [5.74, 6) is 0.319. The Labute approximate surface area is 238 Å². The van der Waals surface area contributed by atoms with Crippen LogP contribution in [0, 0.1) is 19.8 Å². The molecule has 4 rings (SSSR count). The van der Waals surface area contributed by atoms with E-state index in [1.54, 1.807) is 23.1 Å². The highest BCUT2D eigenvalue weighted by Gasteiger charge is 2.24. The number of aromatic nitrogens is 2. The van der Waals surface area contributed by atoms with Crippen LogP contribution in [0.4, 0.5) is 5.13 Å². The molecule has 0 aliphatic carbocycles. The van der Waals surface area contributed by atoms with Crippen molar-refractivity contribution in [1.82, 2.24) is 15.1 Å². The van der Waals surface area contributed by atoms with E-state index in [4.69, 9.17) is 21.4 Å². The lowest BCUT2D eigenvalue weighted by Crippen LogP contribution is -2.38. The van der Waals surface area contributed by atoms with Crippen molar-refractivity contribution in [3.05, 3.63) is 58.1 Å². The summed E-state index contributed by atoms with van der Waals surface area (Å²) in [6.07, 6.45) is 3.64. The maximum atomic E-state index is 13.4. The van der Waals surface area contributed by atoms with Crippen LogP contribution in [0.5, 0.6) is 5.75 Å². The van der Waals surface area contributed by atoms with Crippen molar-refractivity contribution in [2.45, 2.75) is 46.5 Å². The van der Waals surface area contributed by atoms with Crippen molar-refractivity contribution in [3.63, 3.8) is 0 Å². The number of aryl methyl sites for hydroxylation is 2. The summed E-state index contributed by atoms with van der Waals surface area (Å²) in [6, 6.07) is 11.2. The third-order valence-corrected chi connectivity index (χ3v) is 8.29. The third kappa shape index (κ3) is 7.35. The number of aliphatic carboxylic acids is 1. The smallest absolute Gasteiger partial charge is 0.317 e. The molecule has 2 heterocycles. The Morgan fingerprint density at radius 2 is 1.85 bits per heavy atom. The Hall–Kier alpha value is -3.01. The first kappa shape index (κ1) is 29.0. The van der Waals surface area contributed by atoms with E-state index in [0.29, 0.717) is 34.8 Å². The summed E-state index contributed by atoms with van der Waals surface area (Å²) >= 11 is 7.71. The van der Waals surface area contributed by atoms with Gasteiger partial charge in [0.25, 0.3) is 5.91 Å². The summed E-state index contributed by atoms with van der Waals surface area (Å²) in [4.78, 5) is 28.0. The molecule has 3 aromatic rings. The summed E-state index contributed by atoms with van der Waals surface area (Å²) in [7, 11) is 0. The van der Waals surface area contributed by atoms with Crippen molar-refractivity contribution in [3.8, 4) is 16.3 Å². The molecule has 1 saturated heterocycles. The number of nitrogens with zero attached hydrogens (tertiary/aromatic N) is 4. The molecule has 0 radical (unpaired) electrons. The zero-order chi connectivity index (χ0) is 27.9. The summed E-state index contributed by atoms with van der Waals surface area (Å²) in [5.41, 5.74) is 3.41. The number of carboxylic acid groups (broad SMARTS) is 1. The van der Waals surface area contributed by atoms with Crippen LogP contribution in [0.25, 0.3) is 10.6 Å². The van der Waals surface area contributed by atoms with Gasteiger partial charge >= 0.3 is 5.97 Å². The first-order chi connectivity index (χ1) is 18.8. The SMILES string of the molecule is CCCCN(C(=O)c1ccccc1Cl)c1nnc(-c2cc(C)c(OCC3CCN(CC(=O)O)CC3)c(C)c2)s1. The van der Waals surface area contributed by atoms with Gasteiger partial charge < -0.3 is 9.84 Å². The minimum atomic E-state index is -0.778. The average Bonchev–Trinajstić information content (AvgIpc) is 3.39. The Morgan fingerprint density at radius 3 is 2.49 bits per heavy atom. The molecule has 1 aliphatic heterocycles. The zero-order valence-electron chi connectivity index (χ0n) is 22.7. The van der Waals surface area contributed by atoms with Gasteiger partial charge in [0.1, 0.15) is 10.8 Å². The number of likely N-dealkylation sites (tertiary alicyclic amines) is 1. The van der Waals surface area contributed by atoms with Crippen molar-refractivity contribution in [2.24, 2.45) is 5.92 Å². The molecule has 1 aliphatic rings. The lowest BCUT2D eigenvalue weighted by atomic mass is 9.97. The minimum absolute atomic E-state index is 0.102. The van der Waals surface area contributed by atoms with E-state index in [2.05, 4.69) is 17.1 Å². The van der Waals surface area contributed by atoms with E-state index in [-0.39, 0.29) is 12.5 Å². The van der Waals surface area contributed by atoms with Crippen LogP contribution in [0.1, 0.15) is 54.1 Å². The molecule has 1 N–H and O–H groups in total. The lowest BCUT2D eigenvalue weighted by Gasteiger charge is -2.30. The second-order valence-corrected chi connectivity index (χ2v) is 11.4. The van der Waals surface area contributed by atoms with Gasteiger partial charge in [-0.05, 0) is 87.5 Å². The monoisotopic (exact) mass is 570 g/mol. The normalized spacial score (nSPS) is 14.4. The van der Waals surface area contributed by atoms with E-state index < -0.39 is 5.97 Å². The number of anilines is 1. The second kappa shape index (κ2) is 13.4. The largest absolute Gasteiger partial charge is 0.493 e. The number of benzene rings is 2. The Kier molecular flexibility index (Phi) is 9.94. The molecule has 0 unspecified atom stereocenters. The van der Waals surface area contributed by atoms with Crippen molar-refractivity contribution < 1.29 is 19.4 Å². The Bertz CT molecular complexity index is 1280. The Morgan fingerprint density at radius 1 is 1.15 bits per heavy atom. The van der Waals surface area contributed by atoms with Gasteiger partial charge in [-0.1, -0.05) is 48.4 Å². The summed E-state index contributed by atoms with van der Waals surface area (Å²) in [5, 5.41) is 19.5. The van der Waals surface area contributed by atoms with Gasteiger partial charge in [0.15, 0.2) is 0 Å². The molecule has 0 saturated carbocycles. The average molecular weight is 571 g/mol. The van der Waals surface area contributed by atoms with Gasteiger partial charge in [-0.3, -0.25) is 19.4 Å². The van der Waals surface area contributed by atoms with Crippen LogP contribution in [-0.4, -0.2) is 64.9 Å². The molecule has 1 amide bonds. The quantitative estimate of drug-likeness (QED) is 0.297. The van der Waals surface area contributed by atoms with Crippen LogP contribution in [0.2, 0.25) is 5.02 Å². The molecule has 2 aromatic carbocycles. The van der Waals surface area contributed by atoms with Crippen LogP contribution in [0.15, 0.2) is 36.4 Å². The molecule has 1 aromatic heterocycles. The van der Waals surface area contributed by atoms with E-state index in [9.17, 15) is 9.59 Å². The van der Waals surface area contributed by atoms with E-state index >= 15 is 0 Å². The number of hydrogen-bond acceptors (Lipinski definition) is 7. The van der Waals surface area contributed by atoms with E-state index in [1.807, 2.05) is 36.9 Å². The number of hydrogen-bond donors (Lipinski definition) is 1. The summed E-state index contributed by atoms with van der Waals surface area (Å²) < 4.78 is 6.26. The standard InChI is InChI=1S/C29H35ClN4O4S/c1-4-5-12-34(28(37)23-8-6-7-9-24(23)30)29-32-31-27(39-29)22-15-19(2)26(20(3)16-22)38-18-21-10-13-33(14-11-21)17-25(35)36/h6-9,15-16,21H,4-5,10-14,17-18H2,1-3H3,(H,35,36). The van der Waals surface area contributed by atoms with Crippen LogP contribution >= 0.6 is 22.9 Å². The molecule has 208 valence electrons. The highest BCUT2D eigenvalue weighted by molar-refractivity contribution is 7.18. The third-order valence-electron chi connectivity index (χ3n) is 6.97. The maximum absolute atomic E-state index is 13.4. The number of carboxylic acids is 1. The maximum Gasteiger partial charge on any atom is 0.317 e.